The number of rotatable bonds is 9. The average molecular weight is 639 g/mol. The summed E-state index contributed by atoms with van der Waals surface area (Å²) >= 11 is 0. The Labute approximate surface area is 268 Å². The summed E-state index contributed by atoms with van der Waals surface area (Å²) in [6.45, 7) is 3.99. The van der Waals surface area contributed by atoms with Crippen LogP contribution < -0.4 is 4.74 Å². The number of hydrogen-bond acceptors (Lipinski definition) is 7. The van der Waals surface area contributed by atoms with E-state index in [9.17, 15) is 13.2 Å². The van der Waals surface area contributed by atoms with Crippen molar-refractivity contribution in [1.29, 1.82) is 0 Å². The third kappa shape index (κ3) is 6.18. The maximum absolute atomic E-state index is 14.8. The Balaban J connectivity index is 1.08. The Morgan fingerprint density at radius 1 is 0.894 bits per heavy atom. The first-order valence-electron chi connectivity index (χ1n) is 15.9. The molecule has 47 heavy (non-hydrogen) atoms. The summed E-state index contributed by atoms with van der Waals surface area (Å²) in [5.41, 5.74) is 7.16. The number of H-pyrrole nitrogens is 2. The molecule has 0 aliphatic carbocycles. The molecular weight excluding hydrogens is 605 g/mol. The molecule has 0 spiro atoms. The monoisotopic (exact) mass is 638 g/mol. The Hall–Kier alpha value is -4.81. The molecule has 2 aliphatic heterocycles. The highest BCUT2D eigenvalue weighted by Crippen LogP contribution is 2.35. The molecule has 6 aromatic rings. The van der Waals surface area contributed by atoms with Crippen molar-refractivity contribution < 1.29 is 17.9 Å². The predicted octanol–water partition coefficient (Wildman–Crippen LogP) is 6.68. The highest BCUT2D eigenvalue weighted by atomic mass is 19.3. The van der Waals surface area contributed by atoms with Crippen LogP contribution in [0.4, 0.5) is 13.2 Å². The van der Waals surface area contributed by atoms with Crippen LogP contribution in [0.25, 0.3) is 55.8 Å². The summed E-state index contributed by atoms with van der Waals surface area (Å²) in [7, 11) is 0. The van der Waals surface area contributed by atoms with Crippen molar-refractivity contribution in [2.24, 2.45) is 0 Å². The number of hydrogen-bond donors (Lipinski definition) is 2. The lowest BCUT2D eigenvalue weighted by Crippen LogP contribution is -2.25. The highest BCUT2D eigenvalue weighted by molar-refractivity contribution is 5.99. The van der Waals surface area contributed by atoms with Gasteiger partial charge >= 0.3 is 0 Å². The molecule has 2 N–H and O–H groups in total. The number of aromatic nitrogens is 6. The third-order valence-electron chi connectivity index (χ3n) is 8.98. The fourth-order valence-electron chi connectivity index (χ4n) is 6.65. The van der Waals surface area contributed by atoms with E-state index in [0.717, 1.165) is 52.9 Å². The van der Waals surface area contributed by atoms with E-state index in [4.69, 9.17) is 9.72 Å². The minimum absolute atomic E-state index is 0.121. The van der Waals surface area contributed by atoms with E-state index >= 15 is 0 Å². The van der Waals surface area contributed by atoms with Gasteiger partial charge in [0.05, 0.1) is 29.1 Å². The van der Waals surface area contributed by atoms with Crippen molar-refractivity contribution in [2.75, 3.05) is 39.3 Å². The molecule has 7 heterocycles. The van der Waals surface area contributed by atoms with Crippen molar-refractivity contribution in [1.82, 2.24) is 39.9 Å². The molecule has 9 nitrogen and oxygen atoms in total. The second-order valence-corrected chi connectivity index (χ2v) is 12.4. The minimum Gasteiger partial charge on any atom is -0.492 e. The van der Waals surface area contributed by atoms with E-state index in [1.165, 1.54) is 25.0 Å². The summed E-state index contributed by atoms with van der Waals surface area (Å²) < 4.78 is 48.2. The highest BCUT2D eigenvalue weighted by Gasteiger charge is 2.38. The van der Waals surface area contributed by atoms with Crippen molar-refractivity contribution in [3.05, 3.63) is 78.5 Å². The number of benzene rings is 1. The van der Waals surface area contributed by atoms with Gasteiger partial charge < -0.3 is 9.72 Å². The van der Waals surface area contributed by atoms with Gasteiger partial charge in [0.2, 0.25) is 0 Å². The number of nitrogens with one attached hydrogen (secondary N) is 2. The van der Waals surface area contributed by atoms with Crippen LogP contribution in [-0.2, 0) is 6.54 Å². The number of nitrogens with zero attached hydrogens (tertiary/aromatic N) is 6. The molecule has 8 rings (SSSR count). The van der Waals surface area contributed by atoms with Crippen LogP contribution in [0.3, 0.4) is 0 Å². The van der Waals surface area contributed by atoms with Crippen molar-refractivity contribution >= 4 is 21.9 Å². The van der Waals surface area contributed by atoms with E-state index in [0.29, 0.717) is 53.6 Å². The van der Waals surface area contributed by atoms with Crippen LogP contribution in [0.15, 0.2) is 67.1 Å². The van der Waals surface area contributed by atoms with Crippen LogP contribution in [0.2, 0.25) is 0 Å². The average Bonchev–Trinajstić information content (AvgIpc) is 3.87. The Morgan fingerprint density at radius 2 is 1.79 bits per heavy atom. The predicted molar refractivity (Wildman–Crippen MR) is 174 cm³/mol. The second-order valence-electron chi connectivity index (χ2n) is 12.4. The molecule has 12 heteroatoms. The molecule has 2 saturated heterocycles. The van der Waals surface area contributed by atoms with Crippen LogP contribution in [-0.4, -0.2) is 85.2 Å². The third-order valence-corrected chi connectivity index (χ3v) is 8.98. The number of pyridine rings is 3. The summed E-state index contributed by atoms with van der Waals surface area (Å²) in [6.07, 6.45) is 7.42. The van der Waals surface area contributed by atoms with Crippen molar-refractivity contribution in [2.45, 2.75) is 31.7 Å². The van der Waals surface area contributed by atoms with Gasteiger partial charge in [-0.15, -0.1) is 0 Å². The van der Waals surface area contributed by atoms with Gasteiger partial charge in [-0.05, 0) is 74.0 Å². The Bertz CT molecular complexity index is 2070. The first kappa shape index (κ1) is 29.6. The lowest BCUT2D eigenvalue weighted by molar-refractivity contribution is 0.0115. The fraction of sp³-hybridized carbons (Fsp3) is 0.314. The van der Waals surface area contributed by atoms with E-state index in [1.807, 2.05) is 36.4 Å². The molecule has 240 valence electrons. The lowest BCUT2D eigenvalue weighted by Gasteiger charge is -2.15. The smallest absolute Gasteiger partial charge is 0.261 e. The van der Waals surface area contributed by atoms with Crippen LogP contribution in [0.1, 0.15) is 24.8 Å². The SMILES string of the molecule is Fc1cc(OCCN2CCCC2)cc(-c2nccc3[nH]c(-c4n[nH]c5ccc(-c6cncc(CN7CCC(F)(F)C7)c6)nc45)cc23)c1. The molecule has 2 aliphatic rings. The molecule has 0 radical (unpaired) electrons. The summed E-state index contributed by atoms with van der Waals surface area (Å²) in [6, 6.07) is 14.3. The molecule has 0 saturated carbocycles. The molecule has 2 fully saturated rings. The number of fused-ring (bicyclic) bond motifs is 2. The Kier molecular flexibility index (Phi) is 7.61. The number of likely N-dealkylation sites (tertiary alicyclic amines) is 2. The zero-order valence-corrected chi connectivity index (χ0v) is 25.6. The summed E-state index contributed by atoms with van der Waals surface area (Å²) in [5.74, 6) is -2.56. The lowest BCUT2D eigenvalue weighted by atomic mass is 10.1. The van der Waals surface area contributed by atoms with Gasteiger partial charge in [0.1, 0.15) is 29.4 Å². The quantitative estimate of drug-likeness (QED) is 0.182. The van der Waals surface area contributed by atoms with Gasteiger partial charge in [-0.2, -0.15) is 5.10 Å². The second kappa shape index (κ2) is 12.1. The Morgan fingerprint density at radius 3 is 2.64 bits per heavy atom. The molecule has 0 bridgehead atoms. The fourth-order valence-corrected chi connectivity index (χ4v) is 6.65. The van der Waals surface area contributed by atoms with Gasteiger partial charge in [0.25, 0.3) is 5.92 Å². The number of halogens is 3. The normalized spacial score (nSPS) is 16.9. The first-order valence-corrected chi connectivity index (χ1v) is 15.9. The molecule has 0 atom stereocenters. The van der Waals surface area contributed by atoms with Crippen LogP contribution in [0.5, 0.6) is 5.75 Å². The molecule has 1 aromatic carbocycles. The maximum atomic E-state index is 14.8. The molecule has 5 aromatic heterocycles. The molecule has 0 unspecified atom stereocenters. The number of ether oxygens (including phenoxy) is 1. The van der Waals surface area contributed by atoms with E-state index in [-0.39, 0.29) is 18.8 Å². The number of alkyl halides is 2. The van der Waals surface area contributed by atoms with Gasteiger partial charge in [-0.25, -0.2) is 18.2 Å². The minimum atomic E-state index is -2.64. The van der Waals surface area contributed by atoms with Crippen molar-refractivity contribution in [3.63, 3.8) is 0 Å². The molecular formula is C35H33F3N8O. The van der Waals surface area contributed by atoms with Crippen LogP contribution in [0, 0.1) is 5.82 Å². The number of aromatic amines is 2. The van der Waals surface area contributed by atoms with E-state index in [2.05, 4.69) is 30.0 Å². The summed E-state index contributed by atoms with van der Waals surface area (Å²) in [4.78, 5) is 21.5. The van der Waals surface area contributed by atoms with Gasteiger partial charge in [0.15, 0.2) is 0 Å². The van der Waals surface area contributed by atoms with E-state index in [1.54, 1.807) is 23.5 Å². The topological polar surface area (TPSA) is 98.8 Å². The summed E-state index contributed by atoms with van der Waals surface area (Å²) in [5, 5.41) is 8.46. The maximum Gasteiger partial charge on any atom is 0.261 e. The zero-order valence-electron chi connectivity index (χ0n) is 25.6. The van der Waals surface area contributed by atoms with Gasteiger partial charge in [-0.3, -0.25) is 24.9 Å². The zero-order chi connectivity index (χ0) is 32.0. The van der Waals surface area contributed by atoms with E-state index < -0.39 is 5.92 Å². The first-order chi connectivity index (χ1) is 22.9. The largest absolute Gasteiger partial charge is 0.492 e. The van der Waals surface area contributed by atoms with Crippen molar-refractivity contribution in [3.8, 4) is 39.7 Å². The van der Waals surface area contributed by atoms with Crippen LogP contribution >= 0.6 is 0 Å². The van der Waals surface area contributed by atoms with Gasteiger partial charge in [0, 0.05) is 72.7 Å². The standard InChI is InChI=1S/C35H33F3N8O/c36-25-14-23(15-26(16-25)47-12-11-45-8-1-2-9-45)32-27-17-31(41-29(27)5-7-40-32)34-33-30(43-44-34)4-3-28(42-33)24-13-22(18-39-19-24)20-46-10-6-35(37,38)21-46/h3-5,7,13-19,41H,1-2,6,8-12,20-21H2,(H,43,44). The van der Waals surface area contributed by atoms with Gasteiger partial charge in [-0.1, -0.05) is 0 Å². The molecule has 0 amide bonds.